The molecule has 1 aliphatic heterocycles. The van der Waals surface area contributed by atoms with E-state index in [1.807, 2.05) is 0 Å². The van der Waals surface area contributed by atoms with Gasteiger partial charge in [0.15, 0.2) is 9.84 Å². The first-order valence-corrected chi connectivity index (χ1v) is 8.08. The van der Waals surface area contributed by atoms with Gasteiger partial charge in [-0.1, -0.05) is 0 Å². The van der Waals surface area contributed by atoms with Gasteiger partial charge in [-0.3, -0.25) is 0 Å². The van der Waals surface area contributed by atoms with Gasteiger partial charge in [0.25, 0.3) is 0 Å². The van der Waals surface area contributed by atoms with E-state index in [4.69, 9.17) is 0 Å². The van der Waals surface area contributed by atoms with Gasteiger partial charge in [0.05, 0.1) is 11.0 Å². The van der Waals surface area contributed by atoms with E-state index in [2.05, 4.69) is 5.32 Å². The summed E-state index contributed by atoms with van der Waals surface area (Å²) < 4.78 is 37.8. The molecule has 2 atom stereocenters. The van der Waals surface area contributed by atoms with E-state index in [-0.39, 0.29) is 18.1 Å². The second-order valence-electron chi connectivity index (χ2n) is 5.49. The Morgan fingerprint density at radius 2 is 2.12 bits per heavy atom. The lowest BCUT2D eigenvalue weighted by atomic mass is 9.83. The maximum absolute atomic E-state index is 14.5. The van der Waals surface area contributed by atoms with Crippen molar-refractivity contribution in [1.29, 1.82) is 0 Å². The molecule has 1 fully saturated rings. The van der Waals surface area contributed by atoms with Crippen LogP contribution in [0.3, 0.4) is 0 Å². The van der Waals surface area contributed by atoms with Crippen molar-refractivity contribution >= 4 is 9.84 Å². The summed E-state index contributed by atoms with van der Waals surface area (Å²) in [5.74, 6) is -0.104. The molecule has 1 aliphatic rings. The summed E-state index contributed by atoms with van der Waals surface area (Å²) in [6.45, 7) is 6.44. The lowest BCUT2D eigenvalue weighted by Gasteiger charge is -2.34. The van der Waals surface area contributed by atoms with Gasteiger partial charge in [0, 0.05) is 12.5 Å². The molecule has 0 aromatic heterocycles. The highest BCUT2D eigenvalue weighted by Crippen LogP contribution is 2.31. The van der Waals surface area contributed by atoms with Crippen molar-refractivity contribution in [3.05, 3.63) is 0 Å². The Morgan fingerprint density at radius 3 is 2.59 bits per heavy atom. The Bertz CT molecular complexity index is 332. The molecule has 3 nitrogen and oxygen atoms in total. The predicted octanol–water partition coefficient (Wildman–Crippen LogP) is 1.93. The molecule has 0 aromatic carbocycles. The van der Waals surface area contributed by atoms with Crippen molar-refractivity contribution in [2.75, 3.05) is 18.8 Å². The van der Waals surface area contributed by atoms with Crippen LogP contribution in [-0.2, 0) is 9.84 Å². The Balaban J connectivity index is 2.54. The molecule has 102 valence electrons. The van der Waals surface area contributed by atoms with Crippen LogP contribution in [0.25, 0.3) is 0 Å². The zero-order valence-electron chi connectivity index (χ0n) is 11.0. The van der Waals surface area contributed by atoms with Crippen molar-refractivity contribution in [3.8, 4) is 0 Å². The number of nitrogens with one attached hydrogen (secondary N) is 1. The Labute approximate surface area is 104 Å². The van der Waals surface area contributed by atoms with Gasteiger partial charge < -0.3 is 5.32 Å². The van der Waals surface area contributed by atoms with Gasteiger partial charge >= 0.3 is 0 Å². The molecule has 0 radical (unpaired) electrons. The Kier molecular flexibility index (Phi) is 4.95. The summed E-state index contributed by atoms with van der Waals surface area (Å²) >= 11 is 0. The number of rotatable bonds is 5. The van der Waals surface area contributed by atoms with Crippen LogP contribution in [0.15, 0.2) is 0 Å². The molecule has 0 spiro atoms. The molecule has 0 aliphatic carbocycles. The standard InChI is InChI=1S/C12H24FNO2S/c1-10(2)17(15,16)8-6-12(3,13)11-5-4-7-14-9-11/h10-11,14H,4-9H2,1-3H3. The lowest BCUT2D eigenvalue weighted by Crippen LogP contribution is -2.42. The molecule has 1 N–H and O–H groups in total. The van der Waals surface area contributed by atoms with E-state index >= 15 is 0 Å². The van der Waals surface area contributed by atoms with Crippen molar-refractivity contribution in [1.82, 2.24) is 5.32 Å². The van der Waals surface area contributed by atoms with Gasteiger partial charge in [-0.2, -0.15) is 0 Å². The van der Waals surface area contributed by atoms with Crippen LogP contribution < -0.4 is 5.32 Å². The van der Waals surface area contributed by atoms with E-state index in [0.29, 0.717) is 6.54 Å². The first-order valence-electron chi connectivity index (χ1n) is 6.37. The third-order valence-electron chi connectivity index (χ3n) is 3.74. The first kappa shape index (κ1) is 14.9. The molecule has 1 saturated heterocycles. The van der Waals surface area contributed by atoms with E-state index in [1.54, 1.807) is 20.8 Å². The fraction of sp³-hybridized carbons (Fsp3) is 1.00. The van der Waals surface area contributed by atoms with Crippen LogP contribution in [0.2, 0.25) is 0 Å². The quantitative estimate of drug-likeness (QED) is 0.826. The molecule has 17 heavy (non-hydrogen) atoms. The number of hydrogen-bond donors (Lipinski definition) is 1. The third kappa shape index (κ3) is 4.21. The minimum absolute atomic E-state index is 0.0475. The highest BCUT2D eigenvalue weighted by molar-refractivity contribution is 7.91. The summed E-state index contributed by atoms with van der Waals surface area (Å²) in [5.41, 5.74) is -1.38. The number of sulfone groups is 1. The topological polar surface area (TPSA) is 46.2 Å². The van der Waals surface area contributed by atoms with Gasteiger partial charge in [0.2, 0.25) is 0 Å². The van der Waals surface area contributed by atoms with Crippen molar-refractivity contribution in [2.24, 2.45) is 5.92 Å². The number of alkyl halides is 1. The highest BCUT2D eigenvalue weighted by atomic mass is 32.2. The predicted molar refractivity (Wildman–Crippen MR) is 68.6 cm³/mol. The molecule has 0 aromatic rings. The first-order chi connectivity index (χ1) is 7.76. The van der Waals surface area contributed by atoms with Crippen LogP contribution in [0.1, 0.15) is 40.0 Å². The fourth-order valence-electron chi connectivity index (χ4n) is 2.15. The smallest absolute Gasteiger partial charge is 0.152 e. The average Bonchev–Trinajstić information content (AvgIpc) is 2.28. The number of hydrogen-bond acceptors (Lipinski definition) is 3. The van der Waals surface area contributed by atoms with Crippen molar-refractivity contribution in [3.63, 3.8) is 0 Å². The average molecular weight is 265 g/mol. The summed E-state index contributed by atoms with van der Waals surface area (Å²) in [6.07, 6.45) is 1.93. The molecule has 1 rings (SSSR count). The number of halogens is 1. The van der Waals surface area contributed by atoms with E-state index in [0.717, 1.165) is 19.4 Å². The summed E-state index contributed by atoms with van der Waals surface area (Å²) in [6, 6.07) is 0. The highest BCUT2D eigenvalue weighted by Gasteiger charge is 2.36. The molecule has 0 saturated carbocycles. The summed E-state index contributed by atoms with van der Waals surface area (Å²) in [7, 11) is -3.13. The van der Waals surface area contributed by atoms with Gasteiger partial charge in [-0.05, 0) is 46.6 Å². The molecule has 2 unspecified atom stereocenters. The van der Waals surface area contributed by atoms with Crippen LogP contribution in [0, 0.1) is 5.92 Å². The van der Waals surface area contributed by atoms with Gasteiger partial charge in [-0.25, -0.2) is 12.8 Å². The fourth-order valence-corrected chi connectivity index (χ4v) is 3.30. The van der Waals surface area contributed by atoms with E-state index in [1.165, 1.54) is 0 Å². The Hall–Kier alpha value is -0.160. The zero-order chi connectivity index (χ0) is 13.1. The van der Waals surface area contributed by atoms with E-state index in [9.17, 15) is 12.8 Å². The van der Waals surface area contributed by atoms with Crippen LogP contribution in [-0.4, -0.2) is 38.2 Å². The Morgan fingerprint density at radius 1 is 1.47 bits per heavy atom. The maximum Gasteiger partial charge on any atom is 0.152 e. The zero-order valence-corrected chi connectivity index (χ0v) is 11.8. The second kappa shape index (κ2) is 5.65. The normalized spacial score (nSPS) is 25.8. The van der Waals surface area contributed by atoms with Crippen LogP contribution >= 0.6 is 0 Å². The monoisotopic (exact) mass is 265 g/mol. The maximum atomic E-state index is 14.5. The minimum Gasteiger partial charge on any atom is -0.316 e. The molecular formula is C12H24FNO2S. The molecular weight excluding hydrogens is 241 g/mol. The minimum atomic E-state index is -3.13. The molecule has 0 amide bonds. The molecule has 5 heteroatoms. The van der Waals surface area contributed by atoms with E-state index < -0.39 is 20.8 Å². The third-order valence-corrected chi connectivity index (χ3v) is 5.95. The second-order valence-corrected chi connectivity index (χ2v) is 8.16. The van der Waals surface area contributed by atoms with Crippen LogP contribution in [0.5, 0.6) is 0 Å². The summed E-state index contributed by atoms with van der Waals surface area (Å²) in [5, 5.41) is 2.76. The SMILES string of the molecule is CC(C)S(=O)(=O)CCC(C)(F)C1CCCNC1. The molecule has 1 heterocycles. The van der Waals surface area contributed by atoms with Gasteiger partial charge in [-0.15, -0.1) is 0 Å². The van der Waals surface area contributed by atoms with Crippen molar-refractivity contribution in [2.45, 2.75) is 51.0 Å². The summed E-state index contributed by atoms with van der Waals surface area (Å²) in [4.78, 5) is 0. The molecule has 0 bridgehead atoms. The number of piperidine rings is 1. The van der Waals surface area contributed by atoms with Crippen LogP contribution in [0.4, 0.5) is 4.39 Å². The largest absolute Gasteiger partial charge is 0.316 e. The van der Waals surface area contributed by atoms with Gasteiger partial charge in [0.1, 0.15) is 5.67 Å². The lowest BCUT2D eigenvalue weighted by molar-refractivity contribution is 0.0797. The van der Waals surface area contributed by atoms with Crippen molar-refractivity contribution < 1.29 is 12.8 Å².